The summed E-state index contributed by atoms with van der Waals surface area (Å²) in [7, 11) is 0. The van der Waals surface area contributed by atoms with Gasteiger partial charge in [-0.2, -0.15) is 0 Å². The number of amides is 1. The van der Waals surface area contributed by atoms with Crippen LogP contribution in [0.2, 0.25) is 0 Å². The Morgan fingerprint density at radius 3 is 2.88 bits per heavy atom. The zero-order valence-corrected chi connectivity index (χ0v) is 9.94. The monoisotopic (exact) mass is 238 g/mol. The van der Waals surface area contributed by atoms with Crippen LogP contribution in [0.25, 0.3) is 0 Å². The summed E-state index contributed by atoms with van der Waals surface area (Å²) in [5, 5.41) is 2.68. The van der Waals surface area contributed by atoms with Crippen LogP contribution >= 0.6 is 0 Å². The summed E-state index contributed by atoms with van der Waals surface area (Å²) in [6, 6.07) is 7.24. The number of para-hydroxylation sites is 2. The molecule has 0 saturated heterocycles. The smallest absolute Gasteiger partial charge is 0.246 e. The van der Waals surface area contributed by atoms with Gasteiger partial charge in [0.15, 0.2) is 0 Å². The van der Waals surface area contributed by atoms with Gasteiger partial charge in [-0.15, -0.1) is 0 Å². The number of hydrogen-bond acceptors (Lipinski definition) is 4. The summed E-state index contributed by atoms with van der Waals surface area (Å²) in [6.07, 6.45) is 0. The minimum Gasteiger partial charge on any atom is -0.490 e. The van der Waals surface area contributed by atoms with Crippen molar-refractivity contribution in [3.05, 3.63) is 24.3 Å². The number of carbonyl (C=O) groups is 1. The van der Waals surface area contributed by atoms with Gasteiger partial charge in [0.2, 0.25) is 5.91 Å². The van der Waals surface area contributed by atoms with Crippen molar-refractivity contribution in [3.8, 4) is 5.75 Å². The minimum atomic E-state index is -0.142. The lowest BCUT2D eigenvalue weighted by molar-refractivity contribution is -0.125. The Morgan fingerprint density at radius 1 is 1.41 bits per heavy atom. The van der Waals surface area contributed by atoms with Gasteiger partial charge in [-0.25, -0.2) is 0 Å². The van der Waals surface area contributed by atoms with Crippen molar-refractivity contribution in [2.24, 2.45) is 0 Å². The lowest BCUT2D eigenvalue weighted by atomic mass is 10.3. The maximum Gasteiger partial charge on any atom is 0.246 e. The Balaban J connectivity index is 2.16. The number of anilines is 1. The van der Waals surface area contributed by atoms with Gasteiger partial charge in [-0.3, -0.25) is 4.79 Å². The fourth-order valence-electron chi connectivity index (χ4n) is 1.21. The van der Waals surface area contributed by atoms with E-state index in [0.29, 0.717) is 31.2 Å². The van der Waals surface area contributed by atoms with Crippen LogP contribution in [-0.4, -0.2) is 32.3 Å². The van der Waals surface area contributed by atoms with Crippen LogP contribution in [0, 0.1) is 0 Å². The van der Waals surface area contributed by atoms with E-state index in [1.54, 1.807) is 12.1 Å². The highest BCUT2D eigenvalue weighted by Crippen LogP contribution is 2.19. The van der Waals surface area contributed by atoms with Crippen molar-refractivity contribution in [2.75, 3.05) is 32.1 Å². The first-order chi connectivity index (χ1) is 8.24. The molecule has 0 fully saturated rings. The standard InChI is InChI=1S/C12H18N2O3/c1-2-16-9-12(15)14-7-8-17-11-6-4-3-5-10(11)13/h3-6H,2,7-9,13H2,1H3,(H,14,15). The highest BCUT2D eigenvalue weighted by Gasteiger charge is 2.01. The normalized spacial score (nSPS) is 9.94. The Hall–Kier alpha value is -1.75. The number of benzene rings is 1. The highest BCUT2D eigenvalue weighted by atomic mass is 16.5. The van der Waals surface area contributed by atoms with E-state index < -0.39 is 0 Å². The van der Waals surface area contributed by atoms with E-state index >= 15 is 0 Å². The first-order valence-electron chi connectivity index (χ1n) is 5.55. The second-order valence-electron chi connectivity index (χ2n) is 3.37. The summed E-state index contributed by atoms with van der Waals surface area (Å²) in [5.74, 6) is 0.489. The first-order valence-corrected chi connectivity index (χ1v) is 5.55. The molecule has 0 atom stereocenters. The molecule has 1 rings (SSSR count). The van der Waals surface area contributed by atoms with Crippen LogP contribution in [-0.2, 0) is 9.53 Å². The predicted octanol–water partition coefficient (Wildman–Crippen LogP) is 0.800. The minimum absolute atomic E-state index is 0.0873. The number of nitrogens with two attached hydrogens (primary N) is 1. The lowest BCUT2D eigenvalue weighted by Crippen LogP contribution is -2.31. The summed E-state index contributed by atoms with van der Waals surface area (Å²) >= 11 is 0. The van der Waals surface area contributed by atoms with Gasteiger partial charge in [0.1, 0.15) is 19.0 Å². The quantitative estimate of drug-likeness (QED) is 0.544. The number of carbonyl (C=O) groups excluding carboxylic acids is 1. The van der Waals surface area contributed by atoms with E-state index in [1.807, 2.05) is 19.1 Å². The molecule has 1 aromatic carbocycles. The van der Waals surface area contributed by atoms with Crippen molar-refractivity contribution in [1.82, 2.24) is 5.32 Å². The summed E-state index contributed by atoms with van der Waals surface area (Å²) in [4.78, 5) is 11.2. The average Bonchev–Trinajstić information content (AvgIpc) is 2.34. The second kappa shape index (κ2) is 7.51. The van der Waals surface area contributed by atoms with Crippen LogP contribution in [0.1, 0.15) is 6.92 Å². The van der Waals surface area contributed by atoms with Gasteiger partial charge in [0.05, 0.1) is 12.2 Å². The Bertz CT molecular complexity index is 355. The third kappa shape index (κ3) is 5.21. The second-order valence-corrected chi connectivity index (χ2v) is 3.37. The number of rotatable bonds is 7. The molecular formula is C12H18N2O3. The maximum atomic E-state index is 11.2. The molecule has 5 heteroatoms. The van der Waals surface area contributed by atoms with E-state index in [1.165, 1.54) is 0 Å². The van der Waals surface area contributed by atoms with E-state index in [9.17, 15) is 4.79 Å². The van der Waals surface area contributed by atoms with Crippen LogP contribution in [0.3, 0.4) is 0 Å². The first kappa shape index (κ1) is 13.3. The summed E-state index contributed by atoms with van der Waals surface area (Å²) in [6.45, 7) is 3.27. The zero-order valence-electron chi connectivity index (χ0n) is 9.94. The van der Waals surface area contributed by atoms with Crippen molar-refractivity contribution in [1.29, 1.82) is 0 Å². The van der Waals surface area contributed by atoms with E-state index in [2.05, 4.69) is 5.32 Å². The zero-order chi connectivity index (χ0) is 12.5. The number of nitrogen functional groups attached to an aromatic ring is 1. The van der Waals surface area contributed by atoms with Crippen molar-refractivity contribution < 1.29 is 14.3 Å². The molecule has 0 aromatic heterocycles. The van der Waals surface area contributed by atoms with Crippen LogP contribution in [0.4, 0.5) is 5.69 Å². The largest absolute Gasteiger partial charge is 0.490 e. The average molecular weight is 238 g/mol. The molecule has 1 amide bonds. The van der Waals surface area contributed by atoms with E-state index in [4.69, 9.17) is 15.2 Å². The Labute approximate surface area is 101 Å². The highest BCUT2D eigenvalue weighted by molar-refractivity contribution is 5.77. The molecule has 0 aliphatic rings. The van der Waals surface area contributed by atoms with E-state index in [-0.39, 0.29) is 12.5 Å². The molecule has 0 spiro atoms. The SMILES string of the molecule is CCOCC(=O)NCCOc1ccccc1N. The molecule has 0 aliphatic heterocycles. The molecule has 0 saturated carbocycles. The molecule has 0 radical (unpaired) electrons. The lowest BCUT2D eigenvalue weighted by Gasteiger charge is -2.09. The molecule has 0 aliphatic carbocycles. The van der Waals surface area contributed by atoms with Crippen LogP contribution < -0.4 is 15.8 Å². The van der Waals surface area contributed by atoms with E-state index in [0.717, 1.165) is 0 Å². The molecule has 3 N–H and O–H groups in total. The molecule has 5 nitrogen and oxygen atoms in total. The molecule has 1 aromatic rings. The summed E-state index contributed by atoms with van der Waals surface area (Å²) < 4.78 is 10.4. The van der Waals surface area contributed by atoms with Gasteiger partial charge >= 0.3 is 0 Å². The Morgan fingerprint density at radius 2 is 2.18 bits per heavy atom. The summed E-state index contributed by atoms with van der Waals surface area (Å²) in [5.41, 5.74) is 6.29. The fourth-order valence-corrected chi connectivity index (χ4v) is 1.21. The van der Waals surface area contributed by atoms with Crippen molar-refractivity contribution in [3.63, 3.8) is 0 Å². The van der Waals surface area contributed by atoms with Crippen LogP contribution in [0.15, 0.2) is 24.3 Å². The molecule has 0 bridgehead atoms. The van der Waals surface area contributed by atoms with Crippen molar-refractivity contribution >= 4 is 11.6 Å². The van der Waals surface area contributed by atoms with Gasteiger partial charge in [0, 0.05) is 6.61 Å². The fraction of sp³-hybridized carbons (Fsp3) is 0.417. The van der Waals surface area contributed by atoms with Crippen LogP contribution in [0.5, 0.6) is 5.75 Å². The number of nitrogens with one attached hydrogen (secondary N) is 1. The van der Waals surface area contributed by atoms with Gasteiger partial charge in [0.25, 0.3) is 0 Å². The molecule has 0 unspecified atom stereocenters. The molecule has 94 valence electrons. The van der Waals surface area contributed by atoms with Gasteiger partial charge in [-0.05, 0) is 19.1 Å². The maximum absolute atomic E-state index is 11.2. The molecule has 17 heavy (non-hydrogen) atoms. The van der Waals surface area contributed by atoms with Gasteiger partial charge < -0.3 is 20.5 Å². The Kier molecular flexibility index (Phi) is 5.88. The third-order valence-electron chi connectivity index (χ3n) is 2.04. The number of ether oxygens (including phenoxy) is 2. The topological polar surface area (TPSA) is 73.6 Å². The number of hydrogen-bond donors (Lipinski definition) is 2. The van der Waals surface area contributed by atoms with Gasteiger partial charge in [-0.1, -0.05) is 12.1 Å². The predicted molar refractivity (Wildman–Crippen MR) is 65.9 cm³/mol. The third-order valence-corrected chi connectivity index (χ3v) is 2.04. The van der Waals surface area contributed by atoms with Crippen molar-refractivity contribution in [2.45, 2.75) is 6.92 Å². The molecular weight excluding hydrogens is 220 g/mol. The molecule has 0 heterocycles.